The predicted octanol–water partition coefficient (Wildman–Crippen LogP) is 3.81. The van der Waals surface area contributed by atoms with Crippen molar-refractivity contribution in [2.45, 2.75) is 57.2 Å². The van der Waals surface area contributed by atoms with Gasteiger partial charge in [0.25, 0.3) is 5.91 Å². The zero-order valence-electron chi connectivity index (χ0n) is 19.7. The number of nitrogens with two attached hydrogens (primary N) is 1. The molecule has 1 aliphatic carbocycles. The van der Waals surface area contributed by atoms with Crippen LogP contribution in [0.3, 0.4) is 0 Å². The van der Waals surface area contributed by atoms with Crippen molar-refractivity contribution in [2.24, 2.45) is 0 Å². The van der Waals surface area contributed by atoms with Crippen molar-refractivity contribution in [3.63, 3.8) is 0 Å². The number of anilines is 2. The van der Waals surface area contributed by atoms with Crippen LogP contribution in [0.25, 0.3) is 10.2 Å². The number of nitrogens with one attached hydrogen (secondary N) is 1. The first-order valence-electron chi connectivity index (χ1n) is 12.2. The minimum atomic E-state index is -0.792. The van der Waals surface area contributed by atoms with E-state index >= 15 is 0 Å². The summed E-state index contributed by atoms with van der Waals surface area (Å²) >= 11 is 1.35. The van der Waals surface area contributed by atoms with Crippen molar-refractivity contribution in [3.05, 3.63) is 52.0 Å². The smallest absolute Gasteiger partial charge is 0.407 e. The molecule has 35 heavy (non-hydrogen) atoms. The van der Waals surface area contributed by atoms with Crippen molar-refractivity contribution in [2.75, 3.05) is 23.7 Å². The van der Waals surface area contributed by atoms with Crippen LogP contribution in [0.5, 0.6) is 0 Å². The van der Waals surface area contributed by atoms with Crippen molar-refractivity contribution < 1.29 is 14.7 Å². The molecule has 2 unspecified atom stereocenters. The number of benzene rings is 1. The van der Waals surface area contributed by atoms with Gasteiger partial charge in [-0.2, -0.15) is 0 Å². The largest absolute Gasteiger partial charge is 0.465 e. The molecule has 2 amide bonds. The number of carboxylic acid groups (broad SMARTS) is 1. The summed E-state index contributed by atoms with van der Waals surface area (Å²) in [5.74, 6) is -0.125. The second-order valence-electron chi connectivity index (χ2n) is 10.00. The van der Waals surface area contributed by atoms with E-state index in [1.165, 1.54) is 28.2 Å². The quantitative estimate of drug-likeness (QED) is 0.514. The molecule has 3 atom stereocenters. The van der Waals surface area contributed by atoms with Crippen LogP contribution in [0.4, 0.5) is 16.2 Å². The Bertz CT molecular complexity index is 1320. The number of rotatable bonds is 3. The van der Waals surface area contributed by atoms with Gasteiger partial charge in [-0.25, -0.2) is 9.78 Å². The summed E-state index contributed by atoms with van der Waals surface area (Å²) in [6.45, 7) is 3.44. The third-order valence-corrected chi connectivity index (χ3v) is 8.87. The standard InChI is InChI=1S/C26H29N5O3S/c1-14-2-9-21-22(27)23(35-25(21)28-14)24(32)29-17-5-3-16-11-18(6-4-15(16)10-17)30-12-19-7-8-20(13-30)31(19)26(33)34/h2,4,6,9,11,17,19-20H,3,5,7-8,10,12-13,27H2,1H3,(H,29,32)(H,33,34)/t17-,19?,20?/m1/s1. The van der Waals surface area contributed by atoms with Gasteiger partial charge in [-0.1, -0.05) is 6.07 Å². The summed E-state index contributed by atoms with van der Waals surface area (Å²) in [6, 6.07) is 10.7. The molecule has 4 N–H and O–H groups in total. The Balaban J connectivity index is 1.14. The number of fused-ring (bicyclic) bond motifs is 4. The van der Waals surface area contributed by atoms with Crippen molar-refractivity contribution in [1.29, 1.82) is 0 Å². The number of aromatic nitrogens is 1. The van der Waals surface area contributed by atoms with Gasteiger partial charge in [0.05, 0.1) is 17.8 Å². The van der Waals surface area contributed by atoms with Crippen LogP contribution in [0, 0.1) is 6.92 Å². The Morgan fingerprint density at radius 2 is 1.89 bits per heavy atom. The molecule has 0 saturated carbocycles. The normalized spacial score (nSPS) is 23.4. The first-order chi connectivity index (χ1) is 16.9. The van der Waals surface area contributed by atoms with E-state index < -0.39 is 6.09 Å². The van der Waals surface area contributed by atoms with E-state index in [2.05, 4.69) is 33.4 Å². The number of nitrogens with zero attached hydrogens (tertiary/aromatic N) is 3. The maximum Gasteiger partial charge on any atom is 0.407 e. The molecule has 3 aliphatic rings. The Labute approximate surface area is 207 Å². The summed E-state index contributed by atoms with van der Waals surface area (Å²) < 4.78 is 0. The van der Waals surface area contributed by atoms with E-state index in [0.29, 0.717) is 10.6 Å². The fourth-order valence-electron chi connectivity index (χ4n) is 6.00. The van der Waals surface area contributed by atoms with Gasteiger partial charge in [0.1, 0.15) is 9.71 Å². The highest BCUT2D eigenvalue weighted by Crippen LogP contribution is 2.35. The second kappa shape index (κ2) is 8.41. The highest BCUT2D eigenvalue weighted by molar-refractivity contribution is 7.21. The van der Waals surface area contributed by atoms with Crippen molar-refractivity contribution in [1.82, 2.24) is 15.2 Å². The monoisotopic (exact) mass is 491 g/mol. The molecule has 4 heterocycles. The molecule has 0 radical (unpaired) electrons. The Hall–Kier alpha value is -3.33. The summed E-state index contributed by atoms with van der Waals surface area (Å²) in [7, 11) is 0. The number of pyridine rings is 1. The fourth-order valence-corrected chi connectivity index (χ4v) is 7.04. The zero-order valence-corrected chi connectivity index (χ0v) is 20.5. The molecule has 2 aliphatic heterocycles. The lowest BCUT2D eigenvalue weighted by molar-refractivity contribution is 0.0938. The van der Waals surface area contributed by atoms with Crippen LogP contribution < -0.4 is 16.0 Å². The third-order valence-electron chi connectivity index (χ3n) is 7.76. The van der Waals surface area contributed by atoms with E-state index in [9.17, 15) is 14.7 Å². The average molecular weight is 492 g/mol. The summed E-state index contributed by atoms with van der Waals surface area (Å²) in [6.07, 6.45) is 3.67. The molecule has 0 spiro atoms. The second-order valence-corrected chi connectivity index (χ2v) is 11.0. The molecule has 9 heteroatoms. The van der Waals surface area contributed by atoms with Crippen LogP contribution in [-0.4, -0.2) is 58.2 Å². The molecule has 2 saturated heterocycles. The minimum Gasteiger partial charge on any atom is -0.465 e. The molecule has 3 aromatic rings. The van der Waals surface area contributed by atoms with Crippen molar-refractivity contribution >= 4 is 44.9 Å². The number of aryl methyl sites for hydroxylation is 2. The lowest BCUT2D eigenvalue weighted by Gasteiger charge is -2.41. The van der Waals surface area contributed by atoms with Gasteiger partial charge in [0, 0.05) is 35.9 Å². The lowest BCUT2D eigenvalue weighted by atomic mass is 9.87. The van der Waals surface area contributed by atoms with Gasteiger partial charge < -0.3 is 21.1 Å². The molecule has 1 aromatic carbocycles. The van der Waals surface area contributed by atoms with Crippen LogP contribution in [0.1, 0.15) is 45.8 Å². The van der Waals surface area contributed by atoms with Gasteiger partial charge >= 0.3 is 6.09 Å². The number of piperazine rings is 1. The fraction of sp³-hybridized carbons (Fsp3) is 0.423. The lowest BCUT2D eigenvalue weighted by Crippen LogP contribution is -2.55. The Morgan fingerprint density at radius 3 is 2.63 bits per heavy atom. The van der Waals surface area contributed by atoms with E-state index in [1.54, 1.807) is 4.90 Å². The molecule has 8 nitrogen and oxygen atoms in total. The maximum atomic E-state index is 13.0. The molecule has 2 fully saturated rings. The van der Waals surface area contributed by atoms with E-state index in [1.807, 2.05) is 19.1 Å². The van der Waals surface area contributed by atoms with Gasteiger partial charge in [0.2, 0.25) is 0 Å². The summed E-state index contributed by atoms with van der Waals surface area (Å²) in [4.78, 5) is 34.5. The SMILES string of the molecule is Cc1ccc2c(N)c(C(=O)N[C@@H]3CCc4cc(N5CC6CCC(C5)N6C(=O)O)ccc4C3)sc2n1. The van der Waals surface area contributed by atoms with E-state index in [0.717, 1.165) is 61.1 Å². The Morgan fingerprint density at radius 1 is 1.11 bits per heavy atom. The first kappa shape index (κ1) is 22.2. The number of nitrogen functional groups attached to an aromatic ring is 1. The molecule has 182 valence electrons. The number of carbonyl (C=O) groups is 2. The topological polar surface area (TPSA) is 112 Å². The number of thiophene rings is 1. The molecule has 2 aromatic heterocycles. The van der Waals surface area contributed by atoms with Gasteiger partial charge in [-0.05, 0) is 74.4 Å². The van der Waals surface area contributed by atoms with E-state index in [-0.39, 0.29) is 24.0 Å². The first-order valence-corrected chi connectivity index (χ1v) is 13.0. The molecular formula is C26H29N5O3S. The average Bonchev–Trinajstić information content (AvgIpc) is 3.31. The number of amides is 2. The minimum absolute atomic E-state index is 0.0649. The predicted molar refractivity (Wildman–Crippen MR) is 137 cm³/mol. The van der Waals surface area contributed by atoms with Crippen molar-refractivity contribution in [3.8, 4) is 0 Å². The number of hydrogen-bond donors (Lipinski definition) is 3. The van der Waals surface area contributed by atoms with Crippen LogP contribution in [0.2, 0.25) is 0 Å². The van der Waals surface area contributed by atoms with Gasteiger partial charge in [-0.3, -0.25) is 9.69 Å². The highest BCUT2D eigenvalue weighted by atomic mass is 32.1. The van der Waals surface area contributed by atoms with E-state index in [4.69, 9.17) is 5.73 Å². The molecule has 6 rings (SSSR count). The van der Waals surface area contributed by atoms with Crippen LogP contribution in [-0.2, 0) is 12.8 Å². The van der Waals surface area contributed by atoms with Crippen LogP contribution >= 0.6 is 11.3 Å². The molecule has 2 bridgehead atoms. The molecular weight excluding hydrogens is 462 g/mol. The van der Waals surface area contributed by atoms with Crippen LogP contribution in [0.15, 0.2) is 30.3 Å². The number of hydrogen-bond acceptors (Lipinski definition) is 6. The summed E-state index contributed by atoms with van der Waals surface area (Å²) in [5, 5.41) is 13.6. The third kappa shape index (κ3) is 3.87. The highest BCUT2D eigenvalue weighted by Gasteiger charge is 2.42. The zero-order chi connectivity index (χ0) is 24.3. The Kier molecular flexibility index (Phi) is 5.32. The summed E-state index contributed by atoms with van der Waals surface area (Å²) in [5.41, 5.74) is 11.5. The van der Waals surface area contributed by atoms with Gasteiger partial charge in [0.15, 0.2) is 0 Å². The number of carbonyl (C=O) groups excluding carboxylic acids is 1. The maximum absolute atomic E-state index is 13.0. The van der Waals surface area contributed by atoms with Gasteiger partial charge in [-0.15, -0.1) is 11.3 Å².